The molecule has 0 amide bonds. The zero-order valence-corrected chi connectivity index (χ0v) is 9.15. The fourth-order valence-corrected chi connectivity index (χ4v) is 2.73. The fourth-order valence-electron chi connectivity index (χ4n) is 1.72. The van der Waals surface area contributed by atoms with Gasteiger partial charge in [-0.1, -0.05) is 17.8 Å². The third-order valence-corrected chi connectivity index (χ3v) is 3.39. The molecule has 1 aliphatic rings. The summed E-state index contributed by atoms with van der Waals surface area (Å²) in [5.41, 5.74) is 2.00. The van der Waals surface area contributed by atoms with E-state index in [9.17, 15) is 4.79 Å². The van der Waals surface area contributed by atoms with Crippen molar-refractivity contribution >= 4 is 29.8 Å². The third kappa shape index (κ3) is 1.39. The number of rotatable bonds is 2. The van der Waals surface area contributed by atoms with Gasteiger partial charge in [-0.15, -0.1) is 0 Å². The number of thioether (sulfide) groups is 1. The maximum atomic E-state index is 10.3. The quantitative estimate of drug-likeness (QED) is 0.585. The second kappa shape index (κ2) is 3.64. The number of hydrogen-bond acceptors (Lipinski definition) is 3. The molecule has 0 fully saturated rings. The molecule has 0 aromatic carbocycles. The highest BCUT2D eigenvalue weighted by Crippen LogP contribution is 2.34. The van der Waals surface area contributed by atoms with Crippen molar-refractivity contribution in [2.45, 2.75) is 5.03 Å². The highest BCUT2D eigenvalue weighted by atomic mass is 32.2. The average molecular weight is 228 g/mol. The van der Waals surface area contributed by atoms with Gasteiger partial charge >= 0.3 is 0 Å². The van der Waals surface area contributed by atoms with Crippen LogP contribution in [0.3, 0.4) is 0 Å². The molecular formula is C12H8N2OS. The van der Waals surface area contributed by atoms with Gasteiger partial charge in [0.2, 0.25) is 0 Å². The van der Waals surface area contributed by atoms with Crippen LogP contribution in [-0.2, 0) is 4.79 Å². The van der Waals surface area contributed by atoms with E-state index in [1.807, 2.05) is 36.5 Å². The van der Waals surface area contributed by atoms with Crippen LogP contribution in [0.25, 0.3) is 11.7 Å². The largest absolute Gasteiger partial charge is 0.299 e. The van der Waals surface area contributed by atoms with Gasteiger partial charge in [-0.25, -0.2) is 4.98 Å². The summed E-state index contributed by atoms with van der Waals surface area (Å²) in [4.78, 5) is 15.7. The Morgan fingerprint density at radius 3 is 3.19 bits per heavy atom. The SMILES string of the molecule is O=CC=CC1=Cc2cnc3cccc(n23)S1. The smallest absolute Gasteiger partial charge is 0.142 e. The predicted octanol–water partition coefficient (Wildman–Crippen LogP) is 2.54. The van der Waals surface area contributed by atoms with Crippen LogP contribution < -0.4 is 0 Å². The van der Waals surface area contributed by atoms with Gasteiger partial charge in [0.1, 0.15) is 11.9 Å². The van der Waals surface area contributed by atoms with Gasteiger partial charge in [0.25, 0.3) is 0 Å². The molecule has 0 aliphatic carbocycles. The van der Waals surface area contributed by atoms with E-state index in [0.717, 1.165) is 27.6 Å². The molecule has 0 N–H and O–H groups in total. The Kier molecular flexibility index (Phi) is 2.15. The van der Waals surface area contributed by atoms with E-state index in [-0.39, 0.29) is 0 Å². The lowest BCUT2D eigenvalue weighted by Gasteiger charge is -2.12. The van der Waals surface area contributed by atoms with E-state index in [0.29, 0.717) is 0 Å². The minimum Gasteiger partial charge on any atom is -0.299 e. The molecular weight excluding hydrogens is 220 g/mol. The average Bonchev–Trinajstić information content (AvgIpc) is 2.72. The Hall–Kier alpha value is -1.81. The van der Waals surface area contributed by atoms with Crippen LogP contribution in [0.4, 0.5) is 0 Å². The van der Waals surface area contributed by atoms with Gasteiger partial charge < -0.3 is 0 Å². The number of carbonyl (C=O) groups excluding carboxylic acids is 1. The molecule has 4 heteroatoms. The van der Waals surface area contributed by atoms with Crippen molar-refractivity contribution in [1.29, 1.82) is 0 Å². The van der Waals surface area contributed by atoms with Crippen molar-refractivity contribution in [3.05, 3.63) is 47.1 Å². The molecule has 0 bridgehead atoms. The van der Waals surface area contributed by atoms with Crippen molar-refractivity contribution in [2.24, 2.45) is 0 Å². The lowest BCUT2D eigenvalue weighted by atomic mass is 10.3. The number of hydrogen-bond donors (Lipinski definition) is 0. The lowest BCUT2D eigenvalue weighted by Crippen LogP contribution is -1.96. The first-order valence-electron chi connectivity index (χ1n) is 4.86. The molecule has 78 valence electrons. The van der Waals surface area contributed by atoms with Crippen LogP contribution in [0.1, 0.15) is 5.69 Å². The number of aromatic nitrogens is 2. The molecule has 0 unspecified atom stereocenters. The number of carbonyl (C=O) groups is 1. The molecule has 2 aromatic rings. The molecule has 3 nitrogen and oxygen atoms in total. The molecule has 16 heavy (non-hydrogen) atoms. The van der Waals surface area contributed by atoms with Crippen LogP contribution in [0.2, 0.25) is 0 Å². The molecule has 0 atom stereocenters. The second-order valence-electron chi connectivity index (χ2n) is 3.38. The number of aldehydes is 1. The maximum absolute atomic E-state index is 10.3. The van der Waals surface area contributed by atoms with Crippen molar-refractivity contribution in [2.75, 3.05) is 0 Å². The first-order chi connectivity index (χ1) is 7.88. The van der Waals surface area contributed by atoms with E-state index in [2.05, 4.69) is 9.38 Å². The maximum Gasteiger partial charge on any atom is 0.142 e. The fraction of sp³-hybridized carbons (Fsp3) is 0. The lowest BCUT2D eigenvalue weighted by molar-refractivity contribution is -0.104. The monoisotopic (exact) mass is 228 g/mol. The van der Waals surface area contributed by atoms with Crippen molar-refractivity contribution in [1.82, 2.24) is 9.38 Å². The van der Waals surface area contributed by atoms with E-state index < -0.39 is 0 Å². The minimum absolute atomic E-state index is 0.786. The normalized spacial score (nSPS) is 14.4. The van der Waals surface area contributed by atoms with E-state index in [1.54, 1.807) is 11.8 Å². The summed E-state index contributed by atoms with van der Waals surface area (Å²) in [5, 5.41) is 1.12. The summed E-state index contributed by atoms with van der Waals surface area (Å²) >= 11 is 1.63. The molecule has 0 spiro atoms. The zero-order chi connectivity index (χ0) is 11.0. The molecule has 0 saturated heterocycles. The third-order valence-electron chi connectivity index (χ3n) is 2.37. The van der Waals surface area contributed by atoms with Crippen molar-refractivity contribution in [3.8, 4) is 0 Å². The van der Waals surface area contributed by atoms with Gasteiger partial charge in [0.05, 0.1) is 16.9 Å². The van der Waals surface area contributed by atoms with E-state index >= 15 is 0 Å². The molecule has 3 rings (SSSR count). The van der Waals surface area contributed by atoms with Gasteiger partial charge in [-0.3, -0.25) is 9.20 Å². The van der Waals surface area contributed by atoms with E-state index in [4.69, 9.17) is 0 Å². The van der Waals surface area contributed by atoms with Crippen LogP contribution in [0.15, 0.2) is 46.5 Å². The number of allylic oxidation sites excluding steroid dienone is 2. The molecule has 0 radical (unpaired) electrons. The van der Waals surface area contributed by atoms with E-state index in [1.165, 1.54) is 6.08 Å². The summed E-state index contributed by atoms with van der Waals surface area (Å²) in [6.45, 7) is 0. The summed E-state index contributed by atoms with van der Waals surface area (Å²) < 4.78 is 2.10. The summed E-state index contributed by atoms with van der Waals surface area (Å²) in [7, 11) is 0. The van der Waals surface area contributed by atoms with Gasteiger partial charge in [-0.05, 0) is 30.4 Å². The first-order valence-corrected chi connectivity index (χ1v) is 5.68. The van der Waals surface area contributed by atoms with Crippen LogP contribution >= 0.6 is 11.8 Å². The Morgan fingerprint density at radius 1 is 1.38 bits per heavy atom. The summed E-state index contributed by atoms with van der Waals surface area (Å²) in [6, 6.07) is 6.01. The number of imidazole rings is 1. The van der Waals surface area contributed by atoms with Crippen LogP contribution in [-0.4, -0.2) is 15.7 Å². The Bertz CT molecular complexity index is 625. The summed E-state index contributed by atoms with van der Waals surface area (Å²) in [6.07, 6.45) is 7.97. The zero-order valence-electron chi connectivity index (χ0n) is 8.33. The molecule has 0 saturated carbocycles. The molecule has 2 aromatic heterocycles. The van der Waals surface area contributed by atoms with Gasteiger partial charge in [0, 0.05) is 4.91 Å². The summed E-state index contributed by atoms with van der Waals surface area (Å²) in [5.74, 6) is 0. The highest BCUT2D eigenvalue weighted by Gasteiger charge is 2.12. The Balaban J connectivity index is 2.18. The molecule has 3 heterocycles. The van der Waals surface area contributed by atoms with Crippen LogP contribution in [0, 0.1) is 0 Å². The topological polar surface area (TPSA) is 34.4 Å². The second-order valence-corrected chi connectivity index (χ2v) is 4.48. The van der Waals surface area contributed by atoms with Crippen molar-refractivity contribution in [3.63, 3.8) is 0 Å². The molecule has 1 aliphatic heterocycles. The minimum atomic E-state index is 0.786. The number of nitrogens with zero attached hydrogens (tertiary/aromatic N) is 2. The van der Waals surface area contributed by atoms with Gasteiger partial charge in [0.15, 0.2) is 0 Å². The number of pyridine rings is 1. The van der Waals surface area contributed by atoms with Gasteiger partial charge in [-0.2, -0.15) is 0 Å². The van der Waals surface area contributed by atoms with Crippen LogP contribution in [0.5, 0.6) is 0 Å². The first kappa shape index (κ1) is 9.42. The Morgan fingerprint density at radius 2 is 2.31 bits per heavy atom. The standard InChI is InChI=1S/C12H8N2OS/c15-6-2-3-10-7-9-8-13-11-4-1-5-12(16-10)14(9)11/h1-8H. The highest BCUT2D eigenvalue weighted by molar-refractivity contribution is 8.03. The van der Waals surface area contributed by atoms with Crippen molar-refractivity contribution < 1.29 is 4.79 Å². The predicted molar refractivity (Wildman–Crippen MR) is 64.2 cm³/mol. The Labute approximate surface area is 96.5 Å².